The topological polar surface area (TPSA) is 86.6 Å². The maximum absolute atomic E-state index is 12.8. The number of rotatable bonds is 4. The minimum atomic E-state index is -4.77. The van der Waals surface area contributed by atoms with Crippen LogP contribution < -0.4 is 5.32 Å². The highest BCUT2D eigenvalue weighted by molar-refractivity contribution is 9.10. The van der Waals surface area contributed by atoms with Gasteiger partial charge in [-0.15, -0.1) is 0 Å². The summed E-state index contributed by atoms with van der Waals surface area (Å²) in [6, 6.07) is 1.17. The second-order valence-corrected chi connectivity index (χ2v) is 4.65. The highest BCUT2D eigenvalue weighted by atomic mass is 79.9. The number of aliphatic carboxylic acids is 1. The Morgan fingerprint density at radius 2 is 1.95 bits per heavy atom. The number of nitrogens with one attached hydrogen (secondary N) is 1. The van der Waals surface area contributed by atoms with Crippen molar-refractivity contribution in [1.29, 1.82) is 0 Å². The van der Waals surface area contributed by atoms with Gasteiger partial charge in [-0.2, -0.15) is 13.2 Å². The molecule has 0 fully saturated rings. The lowest BCUT2D eigenvalue weighted by molar-refractivity contribution is -0.140. The second-order valence-electron chi connectivity index (χ2n) is 3.73. The summed E-state index contributed by atoms with van der Waals surface area (Å²) in [7, 11) is 0. The van der Waals surface area contributed by atoms with Gasteiger partial charge in [0.15, 0.2) is 6.04 Å². The first-order chi connectivity index (χ1) is 9.16. The van der Waals surface area contributed by atoms with Gasteiger partial charge < -0.3 is 15.5 Å². The molecule has 0 bridgehead atoms. The SMILES string of the molecule is O=C(NC(CO)C(=O)O)c1ccc(Br)cc1C(F)(F)F. The molecule has 1 unspecified atom stereocenters. The lowest BCUT2D eigenvalue weighted by atomic mass is 10.1. The van der Waals surface area contributed by atoms with Crippen molar-refractivity contribution in [2.75, 3.05) is 6.61 Å². The molecule has 0 aliphatic heterocycles. The van der Waals surface area contributed by atoms with Crippen LogP contribution in [0.25, 0.3) is 0 Å². The molecule has 1 aromatic carbocycles. The van der Waals surface area contributed by atoms with Crippen LogP contribution in [0.15, 0.2) is 22.7 Å². The Hall–Kier alpha value is -1.61. The van der Waals surface area contributed by atoms with Crippen molar-refractivity contribution in [3.63, 3.8) is 0 Å². The molecule has 1 atom stereocenters. The fourth-order valence-corrected chi connectivity index (χ4v) is 1.73. The molecule has 20 heavy (non-hydrogen) atoms. The molecule has 0 aliphatic rings. The van der Waals surface area contributed by atoms with Gasteiger partial charge in [-0.25, -0.2) is 4.79 Å². The standard InChI is InChI=1S/C11H9BrF3NO4/c12-5-1-2-6(7(3-5)11(13,14)15)9(18)16-8(4-17)10(19)20/h1-3,8,17H,4H2,(H,16,18)(H,19,20). The third-order valence-corrected chi connectivity index (χ3v) is 2.81. The third kappa shape index (κ3) is 3.94. The maximum Gasteiger partial charge on any atom is 0.417 e. The monoisotopic (exact) mass is 355 g/mol. The van der Waals surface area contributed by atoms with E-state index in [4.69, 9.17) is 10.2 Å². The summed E-state index contributed by atoms with van der Waals surface area (Å²) in [5.41, 5.74) is -1.92. The number of carbonyl (C=O) groups is 2. The Morgan fingerprint density at radius 3 is 2.40 bits per heavy atom. The number of hydrogen-bond acceptors (Lipinski definition) is 3. The summed E-state index contributed by atoms with van der Waals surface area (Å²) in [5.74, 6) is -2.78. The van der Waals surface area contributed by atoms with E-state index in [1.807, 2.05) is 5.32 Å². The number of carboxylic acid groups (broad SMARTS) is 1. The lowest BCUT2D eigenvalue weighted by Crippen LogP contribution is -2.43. The fraction of sp³-hybridized carbons (Fsp3) is 0.273. The maximum atomic E-state index is 12.8. The van der Waals surface area contributed by atoms with Crippen molar-refractivity contribution < 1.29 is 33.0 Å². The van der Waals surface area contributed by atoms with Crippen LogP contribution in [0.2, 0.25) is 0 Å². The number of alkyl halides is 3. The predicted molar refractivity (Wildman–Crippen MR) is 65.1 cm³/mol. The van der Waals surface area contributed by atoms with Gasteiger partial charge in [0, 0.05) is 4.47 Å². The van der Waals surface area contributed by atoms with E-state index in [0.29, 0.717) is 6.07 Å². The molecule has 0 radical (unpaired) electrons. The first-order valence-electron chi connectivity index (χ1n) is 5.18. The molecule has 3 N–H and O–H groups in total. The third-order valence-electron chi connectivity index (χ3n) is 2.32. The van der Waals surface area contributed by atoms with E-state index in [1.54, 1.807) is 0 Å². The van der Waals surface area contributed by atoms with Gasteiger partial charge in [0.05, 0.1) is 17.7 Å². The van der Waals surface area contributed by atoms with Crippen LogP contribution in [-0.2, 0) is 11.0 Å². The average Bonchev–Trinajstić information content (AvgIpc) is 2.34. The number of amides is 1. The van der Waals surface area contributed by atoms with Crippen LogP contribution in [0.4, 0.5) is 13.2 Å². The minimum Gasteiger partial charge on any atom is -0.480 e. The molecule has 110 valence electrons. The normalized spacial score (nSPS) is 12.8. The molecule has 0 aliphatic carbocycles. The molecule has 9 heteroatoms. The molecule has 5 nitrogen and oxygen atoms in total. The van der Waals surface area contributed by atoms with Crippen molar-refractivity contribution in [2.45, 2.75) is 12.2 Å². The van der Waals surface area contributed by atoms with Gasteiger partial charge in [0.2, 0.25) is 0 Å². The van der Waals surface area contributed by atoms with E-state index in [-0.39, 0.29) is 4.47 Å². The van der Waals surface area contributed by atoms with Crippen molar-refractivity contribution in [1.82, 2.24) is 5.32 Å². The summed E-state index contributed by atoms with van der Waals surface area (Å²) in [5, 5.41) is 19.2. The number of benzene rings is 1. The van der Waals surface area contributed by atoms with E-state index >= 15 is 0 Å². The van der Waals surface area contributed by atoms with Crippen LogP contribution >= 0.6 is 15.9 Å². The van der Waals surface area contributed by atoms with E-state index < -0.39 is 41.8 Å². The predicted octanol–water partition coefficient (Wildman–Crippen LogP) is 1.64. The smallest absolute Gasteiger partial charge is 0.417 e. The molecule has 0 saturated carbocycles. The average molecular weight is 356 g/mol. The summed E-state index contributed by atoms with van der Waals surface area (Å²) in [6.45, 7) is -0.932. The number of aliphatic hydroxyl groups excluding tert-OH is 1. The summed E-state index contributed by atoms with van der Waals surface area (Å²) < 4.78 is 38.5. The number of carbonyl (C=O) groups excluding carboxylic acids is 1. The zero-order valence-corrected chi connectivity index (χ0v) is 11.3. The Kier molecular flexibility index (Phi) is 5.12. The molecule has 1 rings (SSSR count). The van der Waals surface area contributed by atoms with Gasteiger partial charge in [-0.1, -0.05) is 15.9 Å². The molecule has 1 aromatic rings. The van der Waals surface area contributed by atoms with Gasteiger partial charge in [0.25, 0.3) is 5.91 Å². The van der Waals surface area contributed by atoms with Gasteiger partial charge in [-0.3, -0.25) is 4.79 Å². The van der Waals surface area contributed by atoms with Gasteiger partial charge in [-0.05, 0) is 18.2 Å². The number of aliphatic hydroxyl groups is 1. The van der Waals surface area contributed by atoms with E-state index in [2.05, 4.69) is 15.9 Å². The fourth-order valence-electron chi connectivity index (χ4n) is 1.37. The second kappa shape index (κ2) is 6.23. The highest BCUT2D eigenvalue weighted by Crippen LogP contribution is 2.33. The van der Waals surface area contributed by atoms with Crippen LogP contribution in [0, 0.1) is 0 Å². The molecule has 1 amide bonds. The van der Waals surface area contributed by atoms with E-state index in [0.717, 1.165) is 6.07 Å². The van der Waals surface area contributed by atoms with Gasteiger partial charge in [0.1, 0.15) is 0 Å². The van der Waals surface area contributed by atoms with E-state index in [9.17, 15) is 22.8 Å². The van der Waals surface area contributed by atoms with Crippen molar-refractivity contribution in [3.8, 4) is 0 Å². The van der Waals surface area contributed by atoms with Crippen LogP contribution in [0.1, 0.15) is 15.9 Å². The highest BCUT2D eigenvalue weighted by Gasteiger charge is 2.36. The molecular formula is C11H9BrF3NO4. The zero-order valence-electron chi connectivity index (χ0n) is 9.74. The number of hydrogen-bond donors (Lipinski definition) is 3. The molecule has 0 spiro atoms. The number of carboxylic acids is 1. The first-order valence-corrected chi connectivity index (χ1v) is 5.97. The summed E-state index contributed by atoms with van der Waals surface area (Å²) in [4.78, 5) is 22.3. The van der Waals surface area contributed by atoms with Crippen LogP contribution in [0.5, 0.6) is 0 Å². The zero-order chi connectivity index (χ0) is 15.5. The van der Waals surface area contributed by atoms with Crippen LogP contribution in [0.3, 0.4) is 0 Å². The van der Waals surface area contributed by atoms with Gasteiger partial charge >= 0.3 is 12.1 Å². The first kappa shape index (κ1) is 16.4. The largest absolute Gasteiger partial charge is 0.480 e. The molecule has 0 heterocycles. The lowest BCUT2D eigenvalue weighted by Gasteiger charge is -2.15. The molecule has 0 saturated heterocycles. The number of halogens is 4. The Morgan fingerprint density at radius 1 is 1.35 bits per heavy atom. The van der Waals surface area contributed by atoms with Crippen molar-refractivity contribution in [3.05, 3.63) is 33.8 Å². The Balaban J connectivity index is 3.13. The van der Waals surface area contributed by atoms with Crippen LogP contribution in [-0.4, -0.2) is 34.7 Å². The van der Waals surface area contributed by atoms with E-state index in [1.165, 1.54) is 6.07 Å². The van der Waals surface area contributed by atoms with Crippen molar-refractivity contribution >= 4 is 27.8 Å². The quantitative estimate of drug-likeness (QED) is 0.766. The van der Waals surface area contributed by atoms with Crippen molar-refractivity contribution in [2.24, 2.45) is 0 Å². The summed E-state index contributed by atoms with van der Waals surface area (Å²) in [6.07, 6.45) is -4.77. The Labute approximate surface area is 119 Å². The summed E-state index contributed by atoms with van der Waals surface area (Å²) >= 11 is 2.86. The minimum absolute atomic E-state index is 0.123. The molecular weight excluding hydrogens is 347 g/mol. The molecule has 0 aromatic heterocycles. The Bertz CT molecular complexity index is 533.